The highest BCUT2D eigenvalue weighted by molar-refractivity contribution is 6.34. The molecule has 1 atom stereocenters. The smallest absolute Gasteiger partial charge is 0.310 e. The third kappa shape index (κ3) is 2.98. The number of amides is 1. The van der Waals surface area contributed by atoms with Crippen LogP contribution in [0.1, 0.15) is 16.8 Å². The predicted octanol–water partition coefficient (Wildman–Crippen LogP) is 2.02. The van der Waals surface area contributed by atoms with Crippen LogP contribution >= 0.6 is 23.2 Å². The van der Waals surface area contributed by atoms with Gasteiger partial charge in [0.25, 0.3) is 5.91 Å². The number of halogens is 2. The van der Waals surface area contributed by atoms with E-state index in [9.17, 15) is 9.59 Å². The number of likely N-dealkylation sites (tertiary alicyclic amines) is 1. The minimum Gasteiger partial charge on any atom is -0.469 e. The number of rotatable bonds is 2. The maximum Gasteiger partial charge on any atom is 0.310 e. The number of aromatic nitrogens is 1. The number of ether oxygens (including phenoxy) is 1. The van der Waals surface area contributed by atoms with Crippen LogP contribution in [-0.4, -0.2) is 42.0 Å². The lowest BCUT2D eigenvalue weighted by molar-refractivity contribution is -0.144. The fourth-order valence-electron chi connectivity index (χ4n) is 2.05. The molecule has 0 saturated carbocycles. The lowest BCUT2D eigenvalue weighted by Crippen LogP contribution is -2.30. The standard InChI is InChI=1S/C12H12Cl2N2O3/c1-19-12(18)7-4-5-16(6-7)11(17)8-2-3-9(13)15-10(8)14/h2-3,7H,4-6H2,1H3. The molecule has 0 N–H and O–H groups in total. The Kier molecular flexibility index (Phi) is 4.27. The van der Waals surface area contributed by atoms with Gasteiger partial charge in [0.1, 0.15) is 10.3 Å². The number of carbonyl (C=O) groups excluding carboxylic acids is 2. The summed E-state index contributed by atoms with van der Waals surface area (Å²) in [5.74, 6) is -0.816. The van der Waals surface area contributed by atoms with Gasteiger partial charge >= 0.3 is 5.97 Å². The molecule has 2 rings (SSSR count). The van der Waals surface area contributed by atoms with E-state index in [1.54, 1.807) is 4.90 Å². The van der Waals surface area contributed by atoms with Crippen molar-refractivity contribution < 1.29 is 14.3 Å². The highest BCUT2D eigenvalue weighted by atomic mass is 35.5. The van der Waals surface area contributed by atoms with E-state index < -0.39 is 0 Å². The van der Waals surface area contributed by atoms with Gasteiger partial charge in [-0.15, -0.1) is 0 Å². The number of methoxy groups -OCH3 is 1. The second-order valence-electron chi connectivity index (χ2n) is 4.23. The zero-order valence-corrected chi connectivity index (χ0v) is 11.7. The van der Waals surface area contributed by atoms with Gasteiger partial charge < -0.3 is 9.64 Å². The molecule has 1 aliphatic heterocycles. The van der Waals surface area contributed by atoms with Gasteiger partial charge in [0.15, 0.2) is 0 Å². The summed E-state index contributed by atoms with van der Waals surface area (Å²) in [6, 6.07) is 3.04. The highest BCUT2D eigenvalue weighted by Crippen LogP contribution is 2.23. The SMILES string of the molecule is COC(=O)C1CCN(C(=O)c2ccc(Cl)nc2Cl)C1. The van der Waals surface area contributed by atoms with Crippen molar-refractivity contribution in [2.24, 2.45) is 5.92 Å². The van der Waals surface area contributed by atoms with E-state index in [1.807, 2.05) is 0 Å². The molecule has 1 amide bonds. The highest BCUT2D eigenvalue weighted by Gasteiger charge is 2.32. The van der Waals surface area contributed by atoms with E-state index in [1.165, 1.54) is 19.2 Å². The van der Waals surface area contributed by atoms with Crippen LogP contribution in [0.25, 0.3) is 0 Å². The van der Waals surface area contributed by atoms with Gasteiger partial charge in [-0.25, -0.2) is 4.98 Å². The van der Waals surface area contributed by atoms with Crippen molar-refractivity contribution >= 4 is 35.1 Å². The monoisotopic (exact) mass is 302 g/mol. The minimum atomic E-state index is -0.296. The van der Waals surface area contributed by atoms with Gasteiger partial charge in [0, 0.05) is 13.1 Å². The van der Waals surface area contributed by atoms with Crippen molar-refractivity contribution in [1.29, 1.82) is 0 Å². The van der Waals surface area contributed by atoms with E-state index in [-0.39, 0.29) is 33.7 Å². The molecular formula is C12H12Cl2N2O3. The Balaban J connectivity index is 2.11. The van der Waals surface area contributed by atoms with Crippen molar-refractivity contribution in [3.8, 4) is 0 Å². The van der Waals surface area contributed by atoms with Gasteiger partial charge in [-0.3, -0.25) is 9.59 Å². The van der Waals surface area contributed by atoms with Crippen LogP contribution in [0, 0.1) is 5.92 Å². The maximum absolute atomic E-state index is 12.2. The third-order valence-electron chi connectivity index (χ3n) is 3.06. The summed E-state index contributed by atoms with van der Waals surface area (Å²) in [5, 5.41) is 0.300. The molecule has 1 aromatic rings. The summed E-state index contributed by atoms with van der Waals surface area (Å²) < 4.78 is 4.67. The number of nitrogens with zero attached hydrogens (tertiary/aromatic N) is 2. The van der Waals surface area contributed by atoms with Gasteiger partial charge in [-0.05, 0) is 18.6 Å². The molecule has 0 aromatic carbocycles. The van der Waals surface area contributed by atoms with Crippen molar-refractivity contribution in [3.05, 3.63) is 28.0 Å². The number of carbonyl (C=O) groups is 2. The van der Waals surface area contributed by atoms with Crippen LogP contribution in [0.15, 0.2) is 12.1 Å². The van der Waals surface area contributed by atoms with E-state index in [2.05, 4.69) is 9.72 Å². The Morgan fingerprint density at radius 2 is 2.16 bits per heavy atom. The lowest BCUT2D eigenvalue weighted by Gasteiger charge is -2.16. The van der Waals surface area contributed by atoms with Crippen molar-refractivity contribution in [2.45, 2.75) is 6.42 Å². The third-order valence-corrected chi connectivity index (χ3v) is 3.55. The van der Waals surface area contributed by atoms with Crippen LogP contribution in [0.3, 0.4) is 0 Å². The first-order valence-electron chi connectivity index (χ1n) is 5.72. The number of hydrogen-bond donors (Lipinski definition) is 0. The normalized spacial score (nSPS) is 18.5. The number of pyridine rings is 1. The zero-order valence-electron chi connectivity index (χ0n) is 10.2. The van der Waals surface area contributed by atoms with E-state index >= 15 is 0 Å². The molecule has 102 valence electrons. The first kappa shape index (κ1) is 14.1. The zero-order chi connectivity index (χ0) is 14.0. The van der Waals surface area contributed by atoms with Crippen LogP contribution in [0.4, 0.5) is 0 Å². The van der Waals surface area contributed by atoms with E-state index in [0.717, 1.165) is 0 Å². The average molecular weight is 303 g/mol. The van der Waals surface area contributed by atoms with Crippen molar-refractivity contribution in [2.75, 3.05) is 20.2 Å². The Morgan fingerprint density at radius 1 is 1.42 bits per heavy atom. The molecule has 0 radical (unpaired) electrons. The van der Waals surface area contributed by atoms with Crippen molar-refractivity contribution in [3.63, 3.8) is 0 Å². The summed E-state index contributed by atoms with van der Waals surface area (Å²) in [7, 11) is 1.34. The average Bonchev–Trinajstić information content (AvgIpc) is 2.86. The first-order valence-corrected chi connectivity index (χ1v) is 6.47. The second kappa shape index (κ2) is 5.75. The molecule has 1 aliphatic rings. The van der Waals surface area contributed by atoms with Crippen LogP contribution in [-0.2, 0) is 9.53 Å². The van der Waals surface area contributed by atoms with Crippen LogP contribution in [0.2, 0.25) is 10.3 Å². The van der Waals surface area contributed by atoms with E-state index in [4.69, 9.17) is 23.2 Å². The van der Waals surface area contributed by atoms with Crippen molar-refractivity contribution in [1.82, 2.24) is 9.88 Å². The molecule has 1 saturated heterocycles. The summed E-state index contributed by atoms with van der Waals surface area (Å²) in [5.41, 5.74) is 0.289. The molecule has 0 spiro atoms. The predicted molar refractivity (Wildman–Crippen MR) is 70.3 cm³/mol. The molecule has 1 aromatic heterocycles. The summed E-state index contributed by atoms with van der Waals surface area (Å²) >= 11 is 11.6. The molecule has 2 heterocycles. The molecule has 19 heavy (non-hydrogen) atoms. The molecule has 1 fully saturated rings. The topological polar surface area (TPSA) is 59.5 Å². The fourth-order valence-corrected chi connectivity index (χ4v) is 2.47. The van der Waals surface area contributed by atoms with Crippen LogP contribution in [0.5, 0.6) is 0 Å². The summed E-state index contributed by atoms with van der Waals surface area (Å²) in [6.45, 7) is 0.835. The molecule has 0 bridgehead atoms. The molecular weight excluding hydrogens is 291 g/mol. The van der Waals surface area contributed by atoms with Gasteiger partial charge in [0.05, 0.1) is 18.6 Å². The largest absolute Gasteiger partial charge is 0.469 e. The quantitative estimate of drug-likeness (QED) is 0.619. The first-order chi connectivity index (χ1) is 9.02. The second-order valence-corrected chi connectivity index (χ2v) is 4.98. The van der Waals surface area contributed by atoms with Gasteiger partial charge in [0.2, 0.25) is 0 Å². The Bertz CT molecular complexity index is 522. The molecule has 7 heteroatoms. The Labute approximate surface area is 120 Å². The van der Waals surface area contributed by atoms with Gasteiger partial charge in [-0.2, -0.15) is 0 Å². The lowest BCUT2D eigenvalue weighted by atomic mass is 10.1. The summed E-state index contributed by atoms with van der Waals surface area (Å²) in [6.07, 6.45) is 0.594. The molecule has 0 aliphatic carbocycles. The fraction of sp³-hybridized carbons (Fsp3) is 0.417. The van der Waals surface area contributed by atoms with Crippen LogP contribution < -0.4 is 0 Å². The number of esters is 1. The Hall–Kier alpha value is -1.33. The van der Waals surface area contributed by atoms with E-state index in [0.29, 0.717) is 19.5 Å². The maximum atomic E-state index is 12.2. The van der Waals surface area contributed by atoms with Gasteiger partial charge in [-0.1, -0.05) is 23.2 Å². The minimum absolute atomic E-state index is 0.0685. The number of hydrogen-bond acceptors (Lipinski definition) is 4. The molecule has 5 nitrogen and oxygen atoms in total. The summed E-state index contributed by atoms with van der Waals surface area (Å²) in [4.78, 5) is 29.1. The molecule has 1 unspecified atom stereocenters. The Morgan fingerprint density at radius 3 is 2.79 bits per heavy atom.